The van der Waals surface area contributed by atoms with Gasteiger partial charge in [-0.2, -0.15) is 0 Å². The van der Waals surface area contributed by atoms with Gasteiger partial charge >= 0.3 is 5.97 Å². The molecule has 0 amide bonds. The van der Waals surface area contributed by atoms with Gasteiger partial charge in [-0.3, -0.25) is 0 Å². The molecule has 1 aromatic heterocycles. The molecule has 0 aliphatic carbocycles. The number of carboxylic acid groups (broad SMARTS) is 1. The molecule has 2 aromatic rings. The van der Waals surface area contributed by atoms with E-state index in [4.69, 9.17) is 5.11 Å². The molecular formula is C16H20N2O2S. The van der Waals surface area contributed by atoms with Crippen LogP contribution in [0.3, 0.4) is 0 Å². The van der Waals surface area contributed by atoms with E-state index in [0.717, 1.165) is 12.1 Å². The van der Waals surface area contributed by atoms with Crippen LogP contribution in [-0.2, 0) is 12.8 Å². The smallest absolute Gasteiger partial charge is 0.347 e. The summed E-state index contributed by atoms with van der Waals surface area (Å²) >= 11 is 1.18. The monoisotopic (exact) mass is 304 g/mol. The van der Waals surface area contributed by atoms with Gasteiger partial charge in [0.1, 0.15) is 4.88 Å². The number of hydrogen-bond donors (Lipinski definition) is 2. The predicted octanol–water partition coefficient (Wildman–Crippen LogP) is 4.49. The van der Waals surface area contributed by atoms with Crippen molar-refractivity contribution in [1.29, 1.82) is 0 Å². The van der Waals surface area contributed by atoms with Gasteiger partial charge in [0.15, 0.2) is 5.13 Å². The van der Waals surface area contributed by atoms with E-state index in [1.807, 2.05) is 19.1 Å². The molecule has 21 heavy (non-hydrogen) atoms. The Balaban J connectivity index is 2.09. The number of thiazole rings is 1. The van der Waals surface area contributed by atoms with Crippen LogP contribution in [0.2, 0.25) is 0 Å². The lowest BCUT2D eigenvalue weighted by atomic mass is 10.1. The summed E-state index contributed by atoms with van der Waals surface area (Å²) in [7, 11) is 0. The van der Waals surface area contributed by atoms with Crippen LogP contribution in [0.25, 0.3) is 0 Å². The van der Waals surface area contributed by atoms with Crippen molar-refractivity contribution in [2.45, 2.75) is 39.5 Å². The lowest BCUT2D eigenvalue weighted by Crippen LogP contribution is -1.97. The van der Waals surface area contributed by atoms with Crippen LogP contribution in [0.15, 0.2) is 24.3 Å². The Morgan fingerprint density at radius 3 is 2.52 bits per heavy atom. The molecule has 0 aliphatic rings. The van der Waals surface area contributed by atoms with E-state index in [1.165, 1.54) is 29.7 Å². The number of aromatic carboxylic acids is 1. The number of hydrogen-bond acceptors (Lipinski definition) is 4. The third kappa shape index (κ3) is 4.04. The van der Waals surface area contributed by atoms with Gasteiger partial charge in [0, 0.05) is 5.69 Å². The molecule has 4 nitrogen and oxygen atoms in total. The summed E-state index contributed by atoms with van der Waals surface area (Å²) in [6.07, 6.45) is 4.10. The molecule has 0 bridgehead atoms. The third-order valence-corrected chi connectivity index (χ3v) is 4.25. The van der Waals surface area contributed by atoms with Crippen molar-refractivity contribution in [1.82, 2.24) is 4.98 Å². The minimum atomic E-state index is -0.910. The maximum absolute atomic E-state index is 11.1. The van der Waals surface area contributed by atoms with Crippen LogP contribution in [0.4, 0.5) is 10.8 Å². The first kappa shape index (κ1) is 15.5. The second-order valence-electron chi connectivity index (χ2n) is 4.88. The van der Waals surface area contributed by atoms with Crippen molar-refractivity contribution < 1.29 is 9.90 Å². The molecule has 2 N–H and O–H groups in total. The number of aryl methyl sites for hydroxylation is 2. The zero-order valence-electron chi connectivity index (χ0n) is 12.3. The molecule has 1 heterocycles. The zero-order chi connectivity index (χ0) is 15.2. The predicted molar refractivity (Wildman–Crippen MR) is 86.8 cm³/mol. The quantitative estimate of drug-likeness (QED) is 0.791. The molecule has 1 aromatic carbocycles. The van der Waals surface area contributed by atoms with Crippen molar-refractivity contribution in [3.8, 4) is 0 Å². The van der Waals surface area contributed by atoms with E-state index >= 15 is 0 Å². The molecule has 112 valence electrons. The highest BCUT2D eigenvalue weighted by atomic mass is 32.1. The van der Waals surface area contributed by atoms with E-state index in [9.17, 15) is 4.79 Å². The fraction of sp³-hybridized carbons (Fsp3) is 0.375. The van der Waals surface area contributed by atoms with E-state index in [0.29, 0.717) is 22.1 Å². The molecule has 5 heteroatoms. The number of carbonyl (C=O) groups is 1. The van der Waals surface area contributed by atoms with Crippen molar-refractivity contribution in [3.63, 3.8) is 0 Å². The number of unbranched alkanes of at least 4 members (excludes halogenated alkanes) is 1. The minimum absolute atomic E-state index is 0.319. The summed E-state index contributed by atoms with van der Waals surface area (Å²) in [5.74, 6) is -0.910. The highest BCUT2D eigenvalue weighted by molar-refractivity contribution is 7.17. The van der Waals surface area contributed by atoms with Gasteiger partial charge in [-0.1, -0.05) is 43.7 Å². The number of nitrogens with one attached hydrogen (secondary N) is 1. The summed E-state index contributed by atoms with van der Waals surface area (Å²) in [5.41, 5.74) is 2.89. The molecule has 0 radical (unpaired) electrons. The number of nitrogens with zero attached hydrogens (tertiary/aromatic N) is 1. The molecule has 0 fully saturated rings. The Hall–Kier alpha value is -1.88. The van der Waals surface area contributed by atoms with E-state index in [-0.39, 0.29) is 0 Å². The SMILES string of the molecule is CCCCc1ccc(Nc2nc(CC)c(C(=O)O)s2)cc1. The average Bonchev–Trinajstić information content (AvgIpc) is 2.90. The first-order valence-corrected chi connectivity index (χ1v) is 8.04. The van der Waals surface area contributed by atoms with Gasteiger partial charge in [0.2, 0.25) is 0 Å². The Kier molecular flexibility index (Phi) is 5.33. The first-order valence-electron chi connectivity index (χ1n) is 7.23. The number of anilines is 2. The standard InChI is InChI=1S/C16H20N2O2S/c1-3-5-6-11-7-9-12(10-8-11)17-16-18-13(4-2)14(21-16)15(19)20/h7-10H,3-6H2,1-2H3,(H,17,18)(H,19,20). The van der Waals surface area contributed by atoms with Crippen molar-refractivity contribution in [2.75, 3.05) is 5.32 Å². The van der Waals surface area contributed by atoms with Crippen molar-refractivity contribution >= 4 is 28.1 Å². The third-order valence-electron chi connectivity index (χ3n) is 3.25. The van der Waals surface area contributed by atoms with E-state index < -0.39 is 5.97 Å². The Bertz CT molecular complexity index is 605. The molecule has 0 saturated carbocycles. The van der Waals surface area contributed by atoms with Gasteiger partial charge in [-0.15, -0.1) is 0 Å². The lowest BCUT2D eigenvalue weighted by molar-refractivity contribution is 0.0701. The molecule has 0 atom stereocenters. The van der Waals surface area contributed by atoms with Crippen LogP contribution in [-0.4, -0.2) is 16.1 Å². The van der Waals surface area contributed by atoms with Crippen LogP contribution in [0, 0.1) is 0 Å². The highest BCUT2D eigenvalue weighted by Gasteiger charge is 2.15. The maximum atomic E-state index is 11.1. The summed E-state index contributed by atoms with van der Waals surface area (Å²) in [5, 5.41) is 12.9. The fourth-order valence-electron chi connectivity index (χ4n) is 2.07. The first-order chi connectivity index (χ1) is 10.1. The normalized spacial score (nSPS) is 10.6. The highest BCUT2D eigenvalue weighted by Crippen LogP contribution is 2.26. The van der Waals surface area contributed by atoms with Gasteiger partial charge < -0.3 is 10.4 Å². The molecular weight excluding hydrogens is 284 g/mol. The van der Waals surface area contributed by atoms with Gasteiger partial charge in [-0.25, -0.2) is 9.78 Å². The summed E-state index contributed by atoms with van der Waals surface area (Å²) in [6, 6.07) is 8.23. The van der Waals surface area contributed by atoms with E-state index in [2.05, 4.69) is 29.4 Å². The summed E-state index contributed by atoms with van der Waals surface area (Å²) in [4.78, 5) is 15.8. The van der Waals surface area contributed by atoms with Crippen molar-refractivity contribution in [2.24, 2.45) is 0 Å². The Labute approximate surface area is 128 Å². The van der Waals surface area contributed by atoms with Crippen LogP contribution in [0.5, 0.6) is 0 Å². The topological polar surface area (TPSA) is 62.2 Å². The Morgan fingerprint density at radius 2 is 2.00 bits per heavy atom. The molecule has 0 saturated heterocycles. The zero-order valence-corrected chi connectivity index (χ0v) is 13.2. The fourth-order valence-corrected chi connectivity index (χ4v) is 2.98. The van der Waals surface area contributed by atoms with Gasteiger partial charge in [0.25, 0.3) is 0 Å². The Morgan fingerprint density at radius 1 is 1.29 bits per heavy atom. The molecule has 0 unspecified atom stereocenters. The lowest BCUT2D eigenvalue weighted by Gasteiger charge is -2.04. The number of rotatable bonds is 7. The molecule has 0 aliphatic heterocycles. The van der Waals surface area contributed by atoms with Crippen LogP contribution in [0.1, 0.15) is 47.6 Å². The van der Waals surface area contributed by atoms with Crippen LogP contribution < -0.4 is 5.32 Å². The minimum Gasteiger partial charge on any atom is -0.477 e. The molecule has 2 rings (SSSR count). The number of carboxylic acids is 1. The second-order valence-corrected chi connectivity index (χ2v) is 5.88. The summed E-state index contributed by atoms with van der Waals surface area (Å²) in [6.45, 7) is 4.09. The maximum Gasteiger partial charge on any atom is 0.347 e. The van der Waals surface area contributed by atoms with Crippen molar-refractivity contribution in [3.05, 3.63) is 40.4 Å². The number of aromatic nitrogens is 1. The number of benzene rings is 1. The largest absolute Gasteiger partial charge is 0.477 e. The van der Waals surface area contributed by atoms with E-state index in [1.54, 1.807) is 0 Å². The molecule has 0 spiro atoms. The van der Waals surface area contributed by atoms with Gasteiger partial charge in [0.05, 0.1) is 5.69 Å². The second kappa shape index (κ2) is 7.22. The summed E-state index contributed by atoms with van der Waals surface area (Å²) < 4.78 is 0. The average molecular weight is 304 g/mol. The van der Waals surface area contributed by atoms with Crippen LogP contribution >= 0.6 is 11.3 Å². The van der Waals surface area contributed by atoms with Gasteiger partial charge in [-0.05, 0) is 37.0 Å².